The normalized spacial score (nSPS) is 10.4. The minimum Gasteiger partial charge on any atom is -0.489 e. The molecule has 3 rings (SSSR count). The quantitative estimate of drug-likeness (QED) is 0.521. The van der Waals surface area contributed by atoms with E-state index in [4.69, 9.17) is 9.84 Å². The summed E-state index contributed by atoms with van der Waals surface area (Å²) in [5.41, 5.74) is 4.95. The zero-order valence-corrected chi connectivity index (χ0v) is 15.4. The lowest BCUT2D eigenvalue weighted by atomic mass is 10.0. The van der Waals surface area contributed by atoms with Crippen LogP contribution in [0, 0.1) is 4.91 Å². The standard InChI is InChI=1S/C23H21NO4/c25-23(26)12-7-17-3-2-6-21(14-17)20-8-10-22(11-9-20)28-16-19-5-1-4-18(13-19)15-24-27/h1-6,8-11,13-14H,7,12,15-16H2,(H,25,26). The smallest absolute Gasteiger partial charge is 0.303 e. The summed E-state index contributed by atoms with van der Waals surface area (Å²) in [7, 11) is 0. The van der Waals surface area contributed by atoms with E-state index in [1.54, 1.807) is 0 Å². The van der Waals surface area contributed by atoms with Gasteiger partial charge in [-0.05, 0) is 46.4 Å². The molecule has 3 aromatic carbocycles. The van der Waals surface area contributed by atoms with Crippen molar-refractivity contribution >= 4 is 5.97 Å². The minimum absolute atomic E-state index is 0.125. The van der Waals surface area contributed by atoms with Crippen molar-refractivity contribution in [3.63, 3.8) is 0 Å². The van der Waals surface area contributed by atoms with E-state index >= 15 is 0 Å². The topological polar surface area (TPSA) is 76.0 Å². The summed E-state index contributed by atoms with van der Waals surface area (Å²) >= 11 is 0. The molecule has 142 valence electrons. The molecule has 5 nitrogen and oxygen atoms in total. The fourth-order valence-electron chi connectivity index (χ4n) is 2.96. The Labute approximate surface area is 163 Å². The van der Waals surface area contributed by atoms with Crippen LogP contribution in [-0.2, 0) is 24.4 Å². The van der Waals surface area contributed by atoms with Crippen molar-refractivity contribution in [1.29, 1.82) is 0 Å². The highest BCUT2D eigenvalue weighted by Gasteiger charge is 2.04. The molecule has 0 aliphatic carbocycles. The first-order valence-corrected chi connectivity index (χ1v) is 9.05. The van der Waals surface area contributed by atoms with Crippen LogP contribution in [0.2, 0.25) is 0 Å². The van der Waals surface area contributed by atoms with Gasteiger partial charge in [-0.2, -0.15) is 4.91 Å². The van der Waals surface area contributed by atoms with Crippen molar-refractivity contribution in [2.45, 2.75) is 26.0 Å². The number of benzene rings is 3. The third kappa shape index (κ3) is 5.51. The van der Waals surface area contributed by atoms with Gasteiger partial charge in [-0.3, -0.25) is 4.79 Å². The Morgan fingerprint density at radius 2 is 1.57 bits per heavy atom. The van der Waals surface area contributed by atoms with Gasteiger partial charge in [0.1, 0.15) is 18.9 Å². The summed E-state index contributed by atoms with van der Waals surface area (Å²) in [6.45, 7) is 0.574. The predicted octanol–water partition coefficient (Wildman–Crippen LogP) is 5.22. The number of carboxylic acid groups (broad SMARTS) is 1. The molecule has 1 N–H and O–H groups in total. The molecule has 5 heteroatoms. The summed E-state index contributed by atoms with van der Waals surface area (Å²) in [4.78, 5) is 21.1. The third-order valence-corrected chi connectivity index (χ3v) is 4.39. The molecule has 0 bridgehead atoms. The van der Waals surface area contributed by atoms with Crippen LogP contribution in [0.4, 0.5) is 0 Å². The van der Waals surface area contributed by atoms with E-state index in [1.165, 1.54) is 0 Å². The molecule has 28 heavy (non-hydrogen) atoms. The number of nitroso groups, excluding NO2 is 1. The molecular weight excluding hydrogens is 354 g/mol. The molecular formula is C23H21NO4. The van der Waals surface area contributed by atoms with Crippen LogP contribution in [0.5, 0.6) is 5.75 Å². The molecule has 0 aromatic heterocycles. The Bertz CT molecular complexity index is 951. The van der Waals surface area contributed by atoms with Crippen molar-refractivity contribution in [3.05, 3.63) is 94.4 Å². The van der Waals surface area contributed by atoms with E-state index in [-0.39, 0.29) is 13.0 Å². The number of hydrogen-bond acceptors (Lipinski definition) is 4. The average Bonchev–Trinajstić information content (AvgIpc) is 2.72. The lowest BCUT2D eigenvalue weighted by Crippen LogP contribution is -1.97. The Balaban J connectivity index is 1.63. The van der Waals surface area contributed by atoms with Gasteiger partial charge in [-0.1, -0.05) is 65.8 Å². The molecule has 0 heterocycles. The predicted molar refractivity (Wildman–Crippen MR) is 108 cm³/mol. The molecule has 0 atom stereocenters. The molecule has 0 aliphatic heterocycles. The van der Waals surface area contributed by atoms with Crippen molar-refractivity contribution in [2.75, 3.05) is 0 Å². The van der Waals surface area contributed by atoms with Crippen LogP contribution in [0.25, 0.3) is 11.1 Å². The summed E-state index contributed by atoms with van der Waals surface area (Å²) in [5, 5.41) is 11.7. The van der Waals surface area contributed by atoms with E-state index in [0.29, 0.717) is 13.0 Å². The molecule has 0 spiro atoms. The van der Waals surface area contributed by atoms with Crippen molar-refractivity contribution in [1.82, 2.24) is 0 Å². The summed E-state index contributed by atoms with van der Waals surface area (Å²) in [6.07, 6.45) is 0.642. The van der Waals surface area contributed by atoms with Gasteiger partial charge in [-0.15, -0.1) is 0 Å². The number of rotatable bonds is 9. The van der Waals surface area contributed by atoms with E-state index in [1.807, 2.05) is 72.8 Å². The van der Waals surface area contributed by atoms with Gasteiger partial charge in [0.05, 0.1) is 0 Å². The van der Waals surface area contributed by atoms with Gasteiger partial charge in [-0.25, -0.2) is 0 Å². The van der Waals surface area contributed by atoms with Crippen LogP contribution in [-0.4, -0.2) is 11.1 Å². The molecule has 0 saturated heterocycles. The molecule has 0 amide bonds. The summed E-state index contributed by atoms with van der Waals surface area (Å²) in [5.74, 6) is -0.0374. The highest BCUT2D eigenvalue weighted by Crippen LogP contribution is 2.24. The van der Waals surface area contributed by atoms with Gasteiger partial charge in [0.25, 0.3) is 0 Å². The second-order valence-corrected chi connectivity index (χ2v) is 6.51. The van der Waals surface area contributed by atoms with Gasteiger partial charge in [0.15, 0.2) is 0 Å². The maximum Gasteiger partial charge on any atom is 0.303 e. The first-order chi connectivity index (χ1) is 13.6. The van der Waals surface area contributed by atoms with Crippen molar-refractivity contribution < 1.29 is 14.6 Å². The number of ether oxygens (including phenoxy) is 1. The number of aryl methyl sites for hydroxylation is 1. The zero-order chi connectivity index (χ0) is 19.8. The number of hydrogen-bond donors (Lipinski definition) is 1. The molecule has 3 aromatic rings. The fraction of sp³-hybridized carbons (Fsp3) is 0.174. The van der Waals surface area contributed by atoms with Gasteiger partial charge in [0.2, 0.25) is 0 Å². The van der Waals surface area contributed by atoms with E-state index in [9.17, 15) is 9.70 Å². The van der Waals surface area contributed by atoms with Crippen LogP contribution in [0.1, 0.15) is 23.1 Å². The molecule has 0 radical (unpaired) electrons. The molecule has 0 aliphatic rings. The highest BCUT2D eigenvalue weighted by molar-refractivity contribution is 5.68. The summed E-state index contributed by atoms with van der Waals surface area (Å²) in [6, 6.07) is 23.3. The van der Waals surface area contributed by atoms with Gasteiger partial charge < -0.3 is 9.84 Å². The van der Waals surface area contributed by atoms with Crippen LogP contribution < -0.4 is 4.74 Å². The van der Waals surface area contributed by atoms with Crippen molar-refractivity contribution in [3.8, 4) is 16.9 Å². The lowest BCUT2D eigenvalue weighted by Gasteiger charge is -2.09. The monoisotopic (exact) mass is 375 g/mol. The van der Waals surface area contributed by atoms with Crippen LogP contribution in [0.15, 0.2) is 78.0 Å². The molecule has 0 saturated carbocycles. The van der Waals surface area contributed by atoms with E-state index < -0.39 is 5.97 Å². The maximum atomic E-state index is 10.7. The minimum atomic E-state index is -0.792. The third-order valence-electron chi connectivity index (χ3n) is 4.39. The molecule has 0 unspecified atom stereocenters. The van der Waals surface area contributed by atoms with E-state index in [2.05, 4.69) is 5.18 Å². The molecule has 0 fully saturated rings. The lowest BCUT2D eigenvalue weighted by molar-refractivity contribution is -0.136. The number of carboxylic acids is 1. The summed E-state index contributed by atoms with van der Waals surface area (Å²) < 4.78 is 5.83. The first-order valence-electron chi connectivity index (χ1n) is 9.05. The Hall–Kier alpha value is -3.47. The van der Waals surface area contributed by atoms with Crippen LogP contribution >= 0.6 is 0 Å². The Morgan fingerprint density at radius 3 is 2.32 bits per heavy atom. The van der Waals surface area contributed by atoms with E-state index in [0.717, 1.165) is 33.6 Å². The average molecular weight is 375 g/mol. The second-order valence-electron chi connectivity index (χ2n) is 6.51. The SMILES string of the molecule is O=NCc1cccc(COc2ccc(-c3cccc(CCC(=O)O)c3)cc2)c1. The van der Waals surface area contributed by atoms with Gasteiger partial charge in [0, 0.05) is 6.42 Å². The second kappa shape index (κ2) is 9.46. The number of carbonyl (C=O) groups is 1. The maximum absolute atomic E-state index is 10.7. The zero-order valence-electron chi connectivity index (χ0n) is 15.4. The van der Waals surface area contributed by atoms with Crippen LogP contribution in [0.3, 0.4) is 0 Å². The van der Waals surface area contributed by atoms with Gasteiger partial charge >= 0.3 is 5.97 Å². The highest BCUT2D eigenvalue weighted by atomic mass is 16.5. The number of aliphatic carboxylic acids is 1. The largest absolute Gasteiger partial charge is 0.489 e. The Kier molecular flexibility index (Phi) is 6.52. The Morgan fingerprint density at radius 1 is 0.857 bits per heavy atom. The number of nitrogens with zero attached hydrogens (tertiary/aromatic N) is 1. The van der Waals surface area contributed by atoms with Crippen molar-refractivity contribution in [2.24, 2.45) is 5.18 Å². The first kappa shape index (κ1) is 19.3. The fourth-order valence-corrected chi connectivity index (χ4v) is 2.96.